The van der Waals surface area contributed by atoms with Crippen molar-refractivity contribution in [3.8, 4) is 5.75 Å². The molecule has 148 valence electrons. The summed E-state index contributed by atoms with van der Waals surface area (Å²) in [5.41, 5.74) is 0.528. The Labute approximate surface area is 159 Å². The Bertz CT molecular complexity index is 889. The predicted molar refractivity (Wildman–Crippen MR) is 99.1 cm³/mol. The summed E-state index contributed by atoms with van der Waals surface area (Å²) >= 11 is 0. The molecule has 3 amide bonds. The molecule has 0 bridgehead atoms. The van der Waals surface area contributed by atoms with Gasteiger partial charge in [-0.2, -0.15) is 4.31 Å². The molecule has 9 heteroatoms. The number of imide groups is 1. The second-order valence-corrected chi connectivity index (χ2v) is 8.96. The fraction of sp³-hybridized carbons (Fsp3) is 0.556. The summed E-state index contributed by atoms with van der Waals surface area (Å²) in [6.07, 6.45) is 0.519. The van der Waals surface area contributed by atoms with Crippen molar-refractivity contribution in [1.82, 2.24) is 14.5 Å². The van der Waals surface area contributed by atoms with Gasteiger partial charge in [-0.25, -0.2) is 13.2 Å². The zero-order valence-corrected chi connectivity index (χ0v) is 16.9. The number of piperidine rings is 1. The van der Waals surface area contributed by atoms with E-state index in [9.17, 15) is 18.0 Å². The van der Waals surface area contributed by atoms with Crippen molar-refractivity contribution >= 4 is 22.0 Å². The second kappa shape index (κ2) is 6.79. The molecular formula is C18H25N3O5S. The maximum Gasteiger partial charge on any atom is 0.325 e. The first-order chi connectivity index (χ1) is 12.7. The maximum absolute atomic E-state index is 13.1. The molecule has 0 aromatic heterocycles. The number of likely N-dealkylation sites (N-methyl/N-ethyl adjacent to an activating group) is 1. The molecule has 0 unspecified atom stereocenters. The van der Waals surface area contributed by atoms with Crippen molar-refractivity contribution in [1.29, 1.82) is 0 Å². The summed E-state index contributed by atoms with van der Waals surface area (Å²) in [6.45, 7) is 5.99. The molecule has 1 aromatic carbocycles. The van der Waals surface area contributed by atoms with Crippen LogP contribution in [-0.2, 0) is 14.8 Å². The van der Waals surface area contributed by atoms with E-state index in [2.05, 4.69) is 5.32 Å². The quantitative estimate of drug-likeness (QED) is 0.778. The lowest BCUT2D eigenvalue weighted by atomic mass is 9.88. The van der Waals surface area contributed by atoms with E-state index >= 15 is 0 Å². The number of sulfonamides is 1. The summed E-state index contributed by atoms with van der Waals surface area (Å²) in [7, 11) is -2.22. The van der Waals surface area contributed by atoms with Crippen LogP contribution in [0.25, 0.3) is 0 Å². The number of benzene rings is 1. The van der Waals surface area contributed by atoms with Crippen LogP contribution in [0.15, 0.2) is 17.0 Å². The standard InChI is InChI=1S/C18H25N3O5S/c1-5-21-16(22)18(19-17(21)23)6-8-20(9-7-18)27(24,25)15-11-14(26-4)12(2)10-13(15)3/h10-11H,5-9H2,1-4H3,(H,19,23). The van der Waals surface area contributed by atoms with Crippen molar-refractivity contribution in [2.45, 2.75) is 44.0 Å². The Morgan fingerprint density at radius 2 is 1.78 bits per heavy atom. The van der Waals surface area contributed by atoms with Crippen molar-refractivity contribution in [3.63, 3.8) is 0 Å². The Morgan fingerprint density at radius 3 is 2.30 bits per heavy atom. The number of methoxy groups -OCH3 is 1. The van der Waals surface area contributed by atoms with Gasteiger partial charge in [0.2, 0.25) is 10.0 Å². The fourth-order valence-corrected chi connectivity index (χ4v) is 5.52. The summed E-state index contributed by atoms with van der Waals surface area (Å²) in [5.74, 6) is 0.254. The number of hydrogen-bond acceptors (Lipinski definition) is 5. The van der Waals surface area contributed by atoms with Gasteiger partial charge in [-0.15, -0.1) is 0 Å². The largest absolute Gasteiger partial charge is 0.496 e. The number of hydrogen-bond donors (Lipinski definition) is 1. The molecule has 1 N–H and O–H groups in total. The molecular weight excluding hydrogens is 370 g/mol. The summed E-state index contributed by atoms with van der Waals surface area (Å²) in [4.78, 5) is 26.0. The van der Waals surface area contributed by atoms with Gasteiger partial charge < -0.3 is 10.1 Å². The third kappa shape index (κ3) is 3.08. The maximum atomic E-state index is 13.1. The van der Waals surface area contributed by atoms with Gasteiger partial charge in [0.1, 0.15) is 11.3 Å². The molecule has 0 aliphatic carbocycles. The van der Waals surface area contributed by atoms with Gasteiger partial charge in [0, 0.05) is 25.7 Å². The average Bonchev–Trinajstić information content (AvgIpc) is 2.84. The van der Waals surface area contributed by atoms with Crippen molar-refractivity contribution in [2.75, 3.05) is 26.7 Å². The summed E-state index contributed by atoms with van der Waals surface area (Å²) in [6, 6.07) is 2.93. The van der Waals surface area contributed by atoms with Gasteiger partial charge in [-0.1, -0.05) is 6.07 Å². The number of ether oxygens (including phenoxy) is 1. The highest BCUT2D eigenvalue weighted by Gasteiger charge is 2.52. The Morgan fingerprint density at radius 1 is 1.15 bits per heavy atom. The molecule has 0 radical (unpaired) electrons. The highest BCUT2D eigenvalue weighted by atomic mass is 32.2. The van der Waals surface area contributed by atoms with Gasteiger partial charge in [0.15, 0.2) is 0 Å². The Hall–Kier alpha value is -2.13. The van der Waals surface area contributed by atoms with E-state index in [1.165, 1.54) is 16.3 Å². The number of carbonyl (C=O) groups is 2. The molecule has 0 saturated carbocycles. The third-order valence-electron chi connectivity index (χ3n) is 5.45. The first-order valence-corrected chi connectivity index (χ1v) is 10.4. The SMILES string of the molecule is CCN1C(=O)NC2(CCN(S(=O)(=O)c3cc(OC)c(C)cc3C)CC2)C1=O. The molecule has 27 heavy (non-hydrogen) atoms. The van der Waals surface area contributed by atoms with Crippen molar-refractivity contribution in [2.24, 2.45) is 0 Å². The van der Waals surface area contributed by atoms with Crippen LogP contribution in [0.1, 0.15) is 30.9 Å². The number of nitrogens with one attached hydrogen (secondary N) is 1. The molecule has 0 atom stereocenters. The highest BCUT2D eigenvalue weighted by Crippen LogP contribution is 2.34. The van der Waals surface area contributed by atoms with Crippen LogP contribution in [0.5, 0.6) is 5.75 Å². The molecule has 2 saturated heterocycles. The molecule has 8 nitrogen and oxygen atoms in total. The topological polar surface area (TPSA) is 96.0 Å². The minimum absolute atomic E-state index is 0.168. The van der Waals surface area contributed by atoms with Gasteiger partial charge >= 0.3 is 6.03 Å². The minimum atomic E-state index is -3.72. The van der Waals surface area contributed by atoms with E-state index in [0.29, 0.717) is 17.9 Å². The second-order valence-electron chi connectivity index (χ2n) is 7.05. The van der Waals surface area contributed by atoms with Gasteiger partial charge in [0.25, 0.3) is 5.91 Å². The Kier molecular flexibility index (Phi) is 4.94. The molecule has 2 aliphatic heterocycles. The number of rotatable bonds is 4. The van der Waals surface area contributed by atoms with E-state index < -0.39 is 21.6 Å². The first kappa shape index (κ1) is 19.6. The van der Waals surface area contributed by atoms with Crippen molar-refractivity contribution in [3.05, 3.63) is 23.3 Å². The lowest BCUT2D eigenvalue weighted by molar-refractivity contribution is -0.132. The number of nitrogens with zero attached hydrogens (tertiary/aromatic N) is 2. The van der Waals surface area contributed by atoms with Crippen LogP contribution in [-0.4, -0.2) is 61.8 Å². The van der Waals surface area contributed by atoms with Gasteiger partial charge in [-0.3, -0.25) is 9.69 Å². The van der Waals surface area contributed by atoms with E-state index in [1.54, 1.807) is 26.0 Å². The summed E-state index contributed by atoms with van der Waals surface area (Å²) in [5, 5.41) is 2.76. The average molecular weight is 395 g/mol. The normalized spacial score (nSPS) is 20.2. The highest BCUT2D eigenvalue weighted by molar-refractivity contribution is 7.89. The Balaban J connectivity index is 1.84. The van der Waals surface area contributed by atoms with E-state index in [1.807, 2.05) is 6.92 Å². The van der Waals surface area contributed by atoms with E-state index in [4.69, 9.17) is 4.74 Å². The van der Waals surface area contributed by atoms with Crippen molar-refractivity contribution < 1.29 is 22.7 Å². The zero-order chi connectivity index (χ0) is 20.0. The number of aryl methyl sites for hydroxylation is 2. The molecule has 2 heterocycles. The predicted octanol–water partition coefficient (Wildman–Crippen LogP) is 1.41. The van der Waals surface area contributed by atoms with E-state index in [-0.39, 0.29) is 36.7 Å². The van der Waals surface area contributed by atoms with Gasteiger partial charge in [0.05, 0.1) is 12.0 Å². The smallest absolute Gasteiger partial charge is 0.325 e. The molecule has 1 spiro atoms. The lowest BCUT2D eigenvalue weighted by Crippen LogP contribution is -2.55. The van der Waals surface area contributed by atoms with E-state index in [0.717, 1.165) is 5.56 Å². The molecule has 2 fully saturated rings. The number of urea groups is 1. The van der Waals surface area contributed by atoms with Crippen LogP contribution in [0, 0.1) is 13.8 Å². The minimum Gasteiger partial charge on any atom is -0.496 e. The number of carbonyl (C=O) groups excluding carboxylic acids is 2. The van der Waals surface area contributed by atoms with Crippen LogP contribution in [0.2, 0.25) is 0 Å². The van der Waals surface area contributed by atoms with Crippen LogP contribution in [0.4, 0.5) is 4.79 Å². The molecule has 2 aliphatic rings. The third-order valence-corrected chi connectivity index (χ3v) is 7.49. The van der Waals surface area contributed by atoms with Crippen LogP contribution >= 0.6 is 0 Å². The number of amides is 3. The van der Waals surface area contributed by atoms with Gasteiger partial charge in [-0.05, 0) is 44.7 Å². The lowest BCUT2D eigenvalue weighted by Gasteiger charge is -2.36. The fourth-order valence-electron chi connectivity index (χ4n) is 3.86. The molecule has 3 rings (SSSR count). The monoisotopic (exact) mass is 395 g/mol. The first-order valence-electron chi connectivity index (χ1n) is 8.96. The zero-order valence-electron chi connectivity index (χ0n) is 16.0. The molecule has 1 aromatic rings. The van der Waals surface area contributed by atoms with Crippen LogP contribution in [0.3, 0.4) is 0 Å². The van der Waals surface area contributed by atoms with Crippen LogP contribution < -0.4 is 10.1 Å². The summed E-state index contributed by atoms with van der Waals surface area (Å²) < 4.78 is 32.9.